The van der Waals surface area contributed by atoms with Crippen molar-refractivity contribution in [2.45, 2.75) is 19.4 Å². The highest BCUT2D eigenvalue weighted by Gasteiger charge is 2.19. The van der Waals surface area contributed by atoms with E-state index in [-0.39, 0.29) is 17.1 Å². The van der Waals surface area contributed by atoms with Gasteiger partial charge in [-0.05, 0) is 16.3 Å². The van der Waals surface area contributed by atoms with Crippen molar-refractivity contribution in [2.75, 3.05) is 7.11 Å². The van der Waals surface area contributed by atoms with Crippen LogP contribution < -0.4 is 0 Å². The number of nitro groups is 1. The summed E-state index contributed by atoms with van der Waals surface area (Å²) in [6.45, 7) is 0.358. The van der Waals surface area contributed by atoms with Gasteiger partial charge in [0.05, 0.1) is 13.7 Å². The Bertz CT molecular complexity index is 405. The maximum absolute atomic E-state index is 10.8. The fourth-order valence-corrected chi connectivity index (χ4v) is 1.42. The van der Waals surface area contributed by atoms with Crippen molar-refractivity contribution in [1.29, 1.82) is 0 Å². The van der Waals surface area contributed by atoms with Gasteiger partial charge in [0.2, 0.25) is 0 Å². The second-order valence-electron chi connectivity index (χ2n) is 2.84. The van der Waals surface area contributed by atoms with Crippen LogP contribution in [0.4, 0.5) is 5.95 Å². The molecule has 0 spiro atoms. The molecule has 16 heavy (non-hydrogen) atoms. The second kappa shape index (κ2) is 5.54. The van der Waals surface area contributed by atoms with Crippen LogP contribution in [0.2, 0.25) is 0 Å². The zero-order chi connectivity index (χ0) is 12.1. The predicted molar refractivity (Wildman–Crippen MR) is 55.6 cm³/mol. The molecular weight excluding hydrogens is 284 g/mol. The lowest BCUT2D eigenvalue weighted by molar-refractivity contribution is -0.394. The van der Waals surface area contributed by atoms with Gasteiger partial charge in [-0.25, -0.2) is 0 Å². The Morgan fingerprint density at radius 3 is 2.88 bits per heavy atom. The van der Waals surface area contributed by atoms with Gasteiger partial charge in [0, 0.05) is 27.4 Å². The van der Waals surface area contributed by atoms with Crippen molar-refractivity contribution in [3.63, 3.8) is 0 Å². The molecule has 1 aromatic rings. The summed E-state index contributed by atoms with van der Waals surface area (Å²) in [5.74, 6) is -0.796. The first kappa shape index (κ1) is 12.6. The predicted octanol–water partition coefficient (Wildman–Crippen LogP) is 0.902. The van der Waals surface area contributed by atoms with E-state index in [1.807, 2.05) is 0 Å². The van der Waals surface area contributed by atoms with E-state index in [0.717, 1.165) is 0 Å². The van der Waals surface area contributed by atoms with Gasteiger partial charge in [-0.3, -0.25) is 4.79 Å². The summed E-state index contributed by atoms with van der Waals surface area (Å²) in [6.07, 6.45) is 0.711. The van der Waals surface area contributed by atoms with Gasteiger partial charge in [0.15, 0.2) is 0 Å². The molecule has 0 radical (unpaired) electrons. The fraction of sp³-hybridized carbons (Fsp3) is 0.571. The largest absolute Gasteiger partial charge is 0.492 e. The highest BCUT2D eigenvalue weighted by Crippen LogP contribution is 2.12. The molecule has 0 aliphatic rings. The number of aromatic nitrogens is 3. The Labute approximate surface area is 98.9 Å². The lowest BCUT2D eigenvalue weighted by Gasteiger charge is -1.97. The minimum Gasteiger partial charge on any atom is -0.469 e. The van der Waals surface area contributed by atoms with E-state index >= 15 is 0 Å². The van der Waals surface area contributed by atoms with Crippen molar-refractivity contribution in [3.8, 4) is 0 Å². The van der Waals surface area contributed by atoms with E-state index in [1.54, 1.807) is 0 Å². The number of rotatable bonds is 5. The summed E-state index contributed by atoms with van der Waals surface area (Å²) >= 11 is 3.04. The van der Waals surface area contributed by atoms with Crippen molar-refractivity contribution in [2.24, 2.45) is 0 Å². The summed E-state index contributed by atoms with van der Waals surface area (Å²) in [4.78, 5) is 24.1. The number of carbonyl (C=O) groups excluding carboxylic acids is 1. The summed E-state index contributed by atoms with van der Waals surface area (Å²) in [6, 6.07) is 0. The third-order valence-electron chi connectivity index (χ3n) is 1.76. The van der Waals surface area contributed by atoms with Crippen LogP contribution in [-0.2, 0) is 16.1 Å². The maximum atomic E-state index is 10.8. The molecule has 0 saturated heterocycles. The molecule has 88 valence electrons. The molecule has 1 heterocycles. The number of nitrogens with zero attached hydrogens (tertiary/aromatic N) is 4. The van der Waals surface area contributed by atoms with Gasteiger partial charge in [-0.2, -0.15) is 4.68 Å². The summed E-state index contributed by atoms with van der Waals surface area (Å²) in [5, 5.41) is 14.0. The summed E-state index contributed by atoms with van der Waals surface area (Å²) in [5.41, 5.74) is 0. The monoisotopic (exact) mass is 292 g/mol. The van der Waals surface area contributed by atoms with Gasteiger partial charge in [-0.15, -0.1) is 0 Å². The van der Waals surface area contributed by atoms with E-state index < -0.39 is 10.9 Å². The minimum absolute atomic E-state index is 0.233. The zero-order valence-electron chi connectivity index (χ0n) is 8.42. The Kier molecular flexibility index (Phi) is 4.35. The van der Waals surface area contributed by atoms with Crippen LogP contribution in [0.1, 0.15) is 12.8 Å². The molecule has 1 aromatic heterocycles. The number of carbonyl (C=O) groups is 1. The number of hydrogen-bond acceptors (Lipinski definition) is 6. The average molecular weight is 293 g/mol. The number of esters is 1. The molecule has 0 atom stereocenters. The van der Waals surface area contributed by atoms with Gasteiger partial charge in [-0.1, -0.05) is 0 Å². The van der Waals surface area contributed by atoms with Crippen LogP contribution in [0.15, 0.2) is 4.73 Å². The molecule has 0 unspecified atom stereocenters. The molecule has 0 N–H and O–H groups in total. The van der Waals surface area contributed by atoms with E-state index in [4.69, 9.17) is 0 Å². The number of hydrogen-bond donors (Lipinski definition) is 0. The van der Waals surface area contributed by atoms with E-state index in [0.29, 0.717) is 13.0 Å². The lowest BCUT2D eigenvalue weighted by Crippen LogP contribution is -2.05. The van der Waals surface area contributed by atoms with Crippen LogP contribution in [0.25, 0.3) is 0 Å². The van der Waals surface area contributed by atoms with Gasteiger partial charge in [0.1, 0.15) is 0 Å². The third-order valence-corrected chi connectivity index (χ3v) is 2.34. The molecule has 8 nitrogen and oxygen atoms in total. The smallest absolute Gasteiger partial charge is 0.469 e. The van der Waals surface area contributed by atoms with Gasteiger partial charge in [0.25, 0.3) is 4.73 Å². The summed E-state index contributed by atoms with van der Waals surface area (Å²) in [7, 11) is 1.30. The van der Waals surface area contributed by atoms with Crippen LogP contribution in [-0.4, -0.2) is 32.8 Å². The number of halogens is 1. The number of aryl methyl sites for hydroxylation is 1. The maximum Gasteiger partial charge on any atom is 0.492 e. The summed E-state index contributed by atoms with van der Waals surface area (Å²) < 4.78 is 6.05. The molecule has 0 aromatic carbocycles. The van der Waals surface area contributed by atoms with Crippen LogP contribution in [0.3, 0.4) is 0 Å². The molecule has 9 heteroatoms. The highest BCUT2D eigenvalue weighted by atomic mass is 79.9. The molecule has 0 aliphatic heterocycles. The van der Waals surface area contributed by atoms with E-state index in [1.165, 1.54) is 11.8 Å². The van der Waals surface area contributed by atoms with E-state index in [9.17, 15) is 14.9 Å². The van der Waals surface area contributed by atoms with Crippen molar-refractivity contribution in [1.82, 2.24) is 14.8 Å². The quantitative estimate of drug-likeness (QED) is 0.454. The third kappa shape index (κ3) is 3.26. The van der Waals surface area contributed by atoms with Crippen LogP contribution >= 0.6 is 15.9 Å². The molecule has 1 rings (SSSR count). The standard InChI is InChI=1S/C7H9BrN4O4/c1-16-5(13)3-2-4-11-6(8)9-7(10-11)12(14)15/h2-4H2,1H3. The van der Waals surface area contributed by atoms with Crippen molar-refractivity contribution < 1.29 is 14.5 Å². The first-order valence-corrected chi connectivity index (χ1v) is 5.15. The van der Waals surface area contributed by atoms with Gasteiger partial charge < -0.3 is 14.9 Å². The molecule has 0 amide bonds. The SMILES string of the molecule is COC(=O)CCCn1nc([N+](=O)[O-])nc1Br. The fourth-order valence-electron chi connectivity index (χ4n) is 1.01. The molecule has 0 aliphatic carbocycles. The minimum atomic E-state index is -0.679. The molecular formula is C7H9BrN4O4. The normalized spacial score (nSPS) is 10.1. The Morgan fingerprint density at radius 2 is 2.38 bits per heavy atom. The average Bonchev–Trinajstić information content (AvgIpc) is 2.60. The van der Waals surface area contributed by atoms with Crippen LogP contribution in [0.5, 0.6) is 0 Å². The second-order valence-corrected chi connectivity index (χ2v) is 3.55. The lowest BCUT2D eigenvalue weighted by atomic mass is 10.3. The molecule has 0 saturated carbocycles. The Morgan fingerprint density at radius 1 is 1.69 bits per heavy atom. The van der Waals surface area contributed by atoms with Gasteiger partial charge >= 0.3 is 11.9 Å². The number of ether oxygens (including phenoxy) is 1. The first-order valence-electron chi connectivity index (χ1n) is 4.36. The molecule has 0 fully saturated rings. The number of methoxy groups -OCH3 is 1. The Balaban J connectivity index is 2.54. The van der Waals surface area contributed by atoms with Crippen LogP contribution in [0, 0.1) is 10.1 Å². The van der Waals surface area contributed by atoms with Crippen molar-refractivity contribution >= 4 is 27.8 Å². The van der Waals surface area contributed by atoms with Crippen molar-refractivity contribution in [3.05, 3.63) is 14.8 Å². The first-order chi connectivity index (χ1) is 7.54. The van der Waals surface area contributed by atoms with E-state index in [2.05, 4.69) is 30.7 Å². The Hall–Kier alpha value is -1.51. The topological polar surface area (TPSA) is 100 Å². The molecule has 0 bridgehead atoms. The zero-order valence-corrected chi connectivity index (χ0v) is 10.0. The highest BCUT2D eigenvalue weighted by molar-refractivity contribution is 9.10.